The van der Waals surface area contributed by atoms with Crippen LogP contribution in [0.2, 0.25) is 0 Å². The number of nitrogens with zero attached hydrogens (tertiary/aromatic N) is 1. The van der Waals surface area contributed by atoms with Crippen molar-refractivity contribution in [3.05, 3.63) is 71.0 Å². The lowest BCUT2D eigenvalue weighted by molar-refractivity contribution is 0.0937. The Kier molecular flexibility index (Phi) is 4.40. The number of halogens is 1. The Morgan fingerprint density at radius 3 is 2.29 bits per heavy atom. The Bertz CT molecular complexity index is 696. The van der Waals surface area contributed by atoms with E-state index in [1.807, 2.05) is 0 Å². The molecule has 0 unspecified atom stereocenters. The van der Waals surface area contributed by atoms with Crippen LogP contribution in [0.15, 0.2) is 53.6 Å². The van der Waals surface area contributed by atoms with Crippen molar-refractivity contribution in [2.24, 2.45) is 10.8 Å². The van der Waals surface area contributed by atoms with Crippen LogP contribution in [0.5, 0.6) is 0 Å². The van der Waals surface area contributed by atoms with E-state index in [-0.39, 0.29) is 16.9 Å². The highest BCUT2D eigenvalue weighted by Crippen LogP contribution is 2.07. The fourth-order valence-electron chi connectivity index (χ4n) is 1.67. The van der Waals surface area contributed by atoms with Crippen molar-refractivity contribution in [1.82, 2.24) is 5.43 Å². The summed E-state index contributed by atoms with van der Waals surface area (Å²) in [5.74, 6) is -1.60. The van der Waals surface area contributed by atoms with Crippen LogP contribution in [0.1, 0.15) is 26.3 Å². The van der Waals surface area contributed by atoms with Gasteiger partial charge < -0.3 is 5.73 Å². The zero-order valence-electron chi connectivity index (χ0n) is 10.9. The number of hydrazone groups is 1. The zero-order valence-corrected chi connectivity index (χ0v) is 10.9. The first-order chi connectivity index (χ1) is 10.1. The third-order valence-electron chi connectivity index (χ3n) is 2.69. The van der Waals surface area contributed by atoms with Crippen molar-refractivity contribution < 1.29 is 14.0 Å². The van der Waals surface area contributed by atoms with Crippen LogP contribution in [-0.2, 0) is 0 Å². The lowest BCUT2D eigenvalue weighted by Gasteiger charge is -2.04. The minimum atomic E-state index is -0.691. The molecule has 2 aromatic rings. The van der Waals surface area contributed by atoms with Gasteiger partial charge in [-0.05, 0) is 29.8 Å². The molecule has 0 bridgehead atoms. The lowest BCUT2D eigenvalue weighted by atomic mass is 10.1. The van der Waals surface area contributed by atoms with Crippen molar-refractivity contribution in [3.63, 3.8) is 0 Å². The molecule has 0 atom stereocenters. The molecule has 3 N–H and O–H groups in total. The minimum Gasteiger partial charge on any atom is -0.366 e. The van der Waals surface area contributed by atoms with Gasteiger partial charge in [-0.1, -0.05) is 24.3 Å². The molecule has 0 saturated carbocycles. The normalized spacial score (nSPS) is 10.5. The van der Waals surface area contributed by atoms with E-state index in [9.17, 15) is 14.0 Å². The quantitative estimate of drug-likeness (QED) is 0.661. The second-order valence-corrected chi connectivity index (χ2v) is 4.16. The monoisotopic (exact) mass is 285 g/mol. The van der Waals surface area contributed by atoms with Gasteiger partial charge in [-0.25, -0.2) is 9.82 Å². The van der Waals surface area contributed by atoms with Gasteiger partial charge in [-0.2, -0.15) is 5.10 Å². The zero-order chi connectivity index (χ0) is 15.2. The molecule has 21 heavy (non-hydrogen) atoms. The molecule has 2 aromatic carbocycles. The highest BCUT2D eigenvalue weighted by molar-refractivity contribution is 6.06. The van der Waals surface area contributed by atoms with Crippen LogP contribution in [0.25, 0.3) is 0 Å². The standard InChI is InChI=1S/C15H12FN3O2/c16-11-7-5-10(6-8-11)9-18-19-15(21)13-4-2-1-3-12(13)14(17)20/h1-9H,(H2,17,20)(H,19,21). The predicted octanol–water partition coefficient (Wildman–Crippen LogP) is 1.69. The molecular weight excluding hydrogens is 273 g/mol. The number of carbonyl (C=O) groups excluding carboxylic acids is 2. The van der Waals surface area contributed by atoms with E-state index in [4.69, 9.17) is 5.73 Å². The molecule has 0 aromatic heterocycles. The highest BCUT2D eigenvalue weighted by atomic mass is 19.1. The summed E-state index contributed by atoms with van der Waals surface area (Å²) in [7, 11) is 0. The third kappa shape index (κ3) is 3.73. The van der Waals surface area contributed by atoms with Crippen molar-refractivity contribution >= 4 is 18.0 Å². The largest absolute Gasteiger partial charge is 0.366 e. The molecule has 0 radical (unpaired) electrons. The van der Waals surface area contributed by atoms with Crippen LogP contribution >= 0.6 is 0 Å². The summed E-state index contributed by atoms with van der Waals surface area (Å²) in [4.78, 5) is 23.1. The van der Waals surface area contributed by atoms with Gasteiger partial charge in [-0.15, -0.1) is 0 Å². The van der Waals surface area contributed by atoms with Gasteiger partial charge in [-0.3, -0.25) is 9.59 Å². The Balaban J connectivity index is 2.08. The number of hydrogen-bond acceptors (Lipinski definition) is 3. The van der Waals surface area contributed by atoms with Crippen LogP contribution in [0.4, 0.5) is 4.39 Å². The van der Waals surface area contributed by atoms with Gasteiger partial charge in [0.2, 0.25) is 5.91 Å². The number of rotatable bonds is 4. The molecule has 5 nitrogen and oxygen atoms in total. The number of hydrogen-bond donors (Lipinski definition) is 2. The fourth-order valence-corrected chi connectivity index (χ4v) is 1.67. The first kappa shape index (κ1) is 14.4. The SMILES string of the molecule is NC(=O)c1ccccc1C(=O)NN=Cc1ccc(F)cc1. The number of amides is 2. The Morgan fingerprint density at radius 1 is 1.05 bits per heavy atom. The van der Waals surface area contributed by atoms with Crippen molar-refractivity contribution in [3.8, 4) is 0 Å². The van der Waals surface area contributed by atoms with Crippen molar-refractivity contribution in [2.75, 3.05) is 0 Å². The molecule has 0 aliphatic carbocycles. The number of nitrogens with one attached hydrogen (secondary N) is 1. The van der Waals surface area contributed by atoms with E-state index in [2.05, 4.69) is 10.5 Å². The van der Waals surface area contributed by atoms with Gasteiger partial charge >= 0.3 is 0 Å². The predicted molar refractivity (Wildman–Crippen MR) is 76.4 cm³/mol. The topological polar surface area (TPSA) is 84.5 Å². The second kappa shape index (κ2) is 6.42. The first-order valence-corrected chi connectivity index (χ1v) is 6.06. The Morgan fingerprint density at radius 2 is 1.67 bits per heavy atom. The number of benzene rings is 2. The second-order valence-electron chi connectivity index (χ2n) is 4.16. The highest BCUT2D eigenvalue weighted by Gasteiger charge is 2.13. The number of primary amides is 1. The maximum absolute atomic E-state index is 12.7. The van der Waals surface area contributed by atoms with Crippen LogP contribution in [-0.4, -0.2) is 18.0 Å². The van der Waals surface area contributed by atoms with Gasteiger partial charge in [0.1, 0.15) is 5.82 Å². The average Bonchev–Trinajstić information content (AvgIpc) is 2.49. The molecule has 0 fully saturated rings. The van der Waals surface area contributed by atoms with E-state index in [0.29, 0.717) is 5.56 Å². The minimum absolute atomic E-state index is 0.118. The molecule has 2 amide bonds. The third-order valence-corrected chi connectivity index (χ3v) is 2.69. The molecule has 0 spiro atoms. The van der Waals surface area contributed by atoms with E-state index in [0.717, 1.165) is 0 Å². The van der Waals surface area contributed by atoms with E-state index >= 15 is 0 Å². The van der Waals surface area contributed by atoms with E-state index in [1.165, 1.54) is 42.6 Å². The van der Waals surface area contributed by atoms with Crippen LogP contribution < -0.4 is 11.2 Å². The summed E-state index contributed by atoms with van der Waals surface area (Å²) in [6.07, 6.45) is 1.37. The van der Waals surface area contributed by atoms with Gasteiger partial charge in [0.05, 0.1) is 17.3 Å². The van der Waals surface area contributed by atoms with Gasteiger partial charge in [0.25, 0.3) is 5.91 Å². The summed E-state index contributed by atoms with van der Waals surface area (Å²) >= 11 is 0. The Labute approximate surface area is 120 Å². The van der Waals surface area contributed by atoms with Gasteiger partial charge in [0.15, 0.2) is 0 Å². The van der Waals surface area contributed by atoms with Crippen LogP contribution in [0, 0.1) is 5.82 Å². The first-order valence-electron chi connectivity index (χ1n) is 6.06. The molecule has 0 saturated heterocycles. The van der Waals surface area contributed by atoms with Crippen molar-refractivity contribution in [2.45, 2.75) is 0 Å². The van der Waals surface area contributed by atoms with E-state index in [1.54, 1.807) is 12.1 Å². The average molecular weight is 285 g/mol. The smallest absolute Gasteiger partial charge is 0.272 e. The maximum atomic E-state index is 12.7. The molecule has 6 heteroatoms. The number of carbonyl (C=O) groups is 2. The Hall–Kier alpha value is -3.02. The molecule has 0 aliphatic rings. The lowest BCUT2D eigenvalue weighted by Crippen LogP contribution is -2.23. The summed E-state index contributed by atoms with van der Waals surface area (Å²) in [6, 6.07) is 11.8. The molecule has 0 aliphatic heterocycles. The maximum Gasteiger partial charge on any atom is 0.272 e. The molecule has 0 heterocycles. The molecular formula is C15H12FN3O2. The fraction of sp³-hybridized carbons (Fsp3) is 0. The summed E-state index contributed by atoms with van der Waals surface area (Å²) < 4.78 is 12.7. The summed E-state index contributed by atoms with van der Waals surface area (Å²) in [5, 5.41) is 3.75. The van der Waals surface area contributed by atoms with Gasteiger partial charge in [0, 0.05) is 0 Å². The summed E-state index contributed by atoms with van der Waals surface area (Å²) in [5.41, 5.74) is 8.36. The van der Waals surface area contributed by atoms with Crippen LogP contribution in [0.3, 0.4) is 0 Å². The summed E-state index contributed by atoms with van der Waals surface area (Å²) in [6.45, 7) is 0. The van der Waals surface area contributed by atoms with E-state index < -0.39 is 11.8 Å². The van der Waals surface area contributed by atoms with Crippen molar-refractivity contribution in [1.29, 1.82) is 0 Å². The molecule has 106 valence electrons. The molecule has 2 rings (SSSR count). The number of nitrogens with two attached hydrogens (primary N) is 1.